The lowest BCUT2D eigenvalue weighted by Crippen LogP contribution is -2.29. The number of hydrogen-bond donors (Lipinski definition) is 2. The van der Waals surface area contributed by atoms with Crippen LogP contribution in [0.5, 0.6) is 0 Å². The van der Waals surface area contributed by atoms with Crippen molar-refractivity contribution in [1.82, 2.24) is 10.3 Å². The fraction of sp³-hybridized carbons (Fsp3) is 0.294. The molecule has 0 saturated heterocycles. The third-order valence-electron chi connectivity index (χ3n) is 3.48. The minimum Gasteiger partial charge on any atom is -0.375 e. The van der Waals surface area contributed by atoms with E-state index in [1.165, 1.54) is 6.07 Å². The van der Waals surface area contributed by atoms with Crippen LogP contribution in [0.1, 0.15) is 11.1 Å². The summed E-state index contributed by atoms with van der Waals surface area (Å²) in [6, 6.07) is 7.31. The second-order valence-corrected chi connectivity index (χ2v) is 5.66. The summed E-state index contributed by atoms with van der Waals surface area (Å²) >= 11 is 0. The van der Waals surface area contributed by atoms with E-state index in [1.807, 2.05) is 14.1 Å². The summed E-state index contributed by atoms with van der Waals surface area (Å²) in [6.45, 7) is 0.000464. The lowest BCUT2D eigenvalue weighted by molar-refractivity contribution is -0.127. The van der Waals surface area contributed by atoms with Crippen molar-refractivity contribution in [2.24, 2.45) is 0 Å². The van der Waals surface area contributed by atoms with Crippen LogP contribution in [0.3, 0.4) is 0 Å². The van der Waals surface area contributed by atoms with Gasteiger partial charge in [0.25, 0.3) is 0 Å². The molecule has 2 N–H and O–H groups in total. The number of carbonyl (C=O) groups is 1. The third-order valence-corrected chi connectivity index (χ3v) is 3.48. The molecule has 0 radical (unpaired) electrons. The number of pyridine rings is 1. The maximum atomic E-state index is 12.6. The van der Waals surface area contributed by atoms with E-state index in [9.17, 15) is 18.0 Å². The van der Waals surface area contributed by atoms with Gasteiger partial charge in [-0.25, -0.2) is 4.79 Å². The predicted octanol–water partition coefficient (Wildman–Crippen LogP) is 3.57. The molecule has 1 aromatic carbocycles. The number of hydrogen-bond acceptors (Lipinski definition) is 3. The smallest absolute Gasteiger partial charge is 0.375 e. The van der Waals surface area contributed by atoms with Gasteiger partial charge in [-0.1, -0.05) is 24.3 Å². The molecule has 0 saturated carbocycles. The Morgan fingerprint density at radius 1 is 1.16 bits per heavy atom. The van der Waals surface area contributed by atoms with Crippen molar-refractivity contribution < 1.29 is 18.0 Å². The van der Waals surface area contributed by atoms with Crippen molar-refractivity contribution in [2.75, 3.05) is 24.3 Å². The minimum atomic E-state index is -4.30. The minimum absolute atomic E-state index is 0.000464. The Balaban J connectivity index is 2.02. The number of halogens is 3. The van der Waals surface area contributed by atoms with Gasteiger partial charge >= 0.3 is 12.2 Å². The quantitative estimate of drug-likeness (QED) is 0.865. The zero-order valence-electron chi connectivity index (χ0n) is 13.9. The third kappa shape index (κ3) is 5.66. The monoisotopic (exact) mass is 352 g/mol. The topological polar surface area (TPSA) is 57.3 Å². The summed E-state index contributed by atoms with van der Waals surface area (Å²) in [6.07, 6.45) is -2.17. The van der Waals surface area contributed by atoms with Gasteiger partial charge in [0.15, 0.2) is 0 Å². The largest absolute Gasteiger partial charge is 0.393 e. The predicted molar refractivity (Wildman–Crippen MR) is 90.6 cm³/mol. The van der Waals surface area contributed by atoms with Crippen LogP contribution in [-0.2, 0) is 13.0 Å². The van der Waals surface area contributed by atoms with E-state index in [1.54, 1.807) is 41.6 Å². The number of nitrogens with zero attached hydrogens (tertiary/aromatic N) is 2. The molecule has 8 heteroatoms. The summed E-state index contributed by atoms with van der Waals surface area (Å²) in [5.41, 5.74) is 1.85. The first-order valence-electron chi connectivity index (χ1n) is 7.56. The number of urea groups is 1. The van der Waals surface area contributed by atoms with Gasteiger partial charge in [0.1, 0.15) is 0 Å². The van der Waals surface area contributed by atoms with Gasteiger partial charge in [-0.05, 0) is 17.2 Å². The molecule has 0 atom stereocenters. The van der Waals surface area contributed by atoms with Crippen LogP contribution in [0, 0.1) is 0 Å². The number of benzene rings is 1. The molecule has 0 bridgehead atoms. The first kappa shape index (κ1) is 18.6. The van der Waals surface area contributed by atoms with Gasteiger partial charge in [0.2, 0.25) is 0 Å². The van der Waals surface area contributed by atoms with Gasteiger partial charge in [0.05, 0.1) is 24.0 Å². The molecule has 134 valence electrons. The summed E-state index contributed by atoms with van der Waals surface area (Å²) < 4.78 is 37.9. The fourth-order valence-electron chi connectivity index (χ4n) is 2.31. The average molecular weight is 352 g/mol. The second-order valence-electron chi connectivity index (χ2n) is 5.66. The zero-order valence-corrected chi connectivity index (χ0v) is 13.9. The Hall–Kier alpha value is -2.77. The number of nitrogens with one attached hydrogen (secondary N) is 2. The molecule has 0 aliphatic carbocycles. The van der Waals surface area contributed by atoms with Crippen molar-refractivity contribution in [3.63, 3.8) is 0 Å². The summed E-state index contributed by atoms with van der Waals surface area (Å²) in [5, 5.41) is 5.26. The maximum absolute atomic E-state index is 12.6. The molecule has 0 aliphatic heterocycles. The van der Waals surface area contributed by atoms with E-state index in [0.29, 0.717) is 11.3 Å². The zero-order chi connectivity index (χ0) is 18.4. The van der Waals surface area contributed by atoms with Gasteiger partial charge < -0.3 is 15.5 Å². The molecular formula is C17H19F3N4O. The Labute approximate surface area is 143 Å². The standard InChI is InChI=1S/C17H19F3N4O/c1-24(2)15-11-21-8-7-14(15)23-16(25)22-10-13-6-4-3-5-12(13)9-17(18,19)20/h3-8,11H,9-10H2,1-2H3,(H2,21,22,23,25). The molecule has 2 amide bonds. The number of aromatic nitrogens is 1. The maximum Gasteiger partial charge on any atom is 0.393 e. The first-order chi connectivity index (χ1) is 11.8. The average Bonchev–Trinajstić information content (AvgIpc) is 2.53. The molecule has 2 aromatic rings. The van der Waals surface area contributed by atoms with E-state index in [-0.39, 0.29) is 12.1 Å². The number of amides is 2. The Morgan fingerprint density at radius 2 is 1.84 bits per heavy atom. The van der Waals surface area contributed by atoms with Crippen LogP contribution in [0.2, 0.25) is 0 Å². The molecule has 5 nitrogen and oxygen atoms in total. The van der Waals surface area contributed by atoms with Gasteiger partial charge in [-0.3, -0.25) is 4.98 Å². The van der Waals surface area contributed by atoms with Crippen molar-refractivity contribution >= 4 is 17.4 Å². The molecule has 2 rings (SSSR count). The lowest BCUT2D eigenvalue weighted by Gasteiger charge is -2.17. The van der Waals surface area contributed by atoms with Gasteiger partial charge in [-0.2, -0.15) is 13.2 Å². The van der Waals surface area contributed by atoms with Gasteiger partial charge in [-0.15, -0.1) is 0 Å². The summed E-state index contributed by atoms with van der Waals surface area (Å²) in [4.78, 5) is 17.9. The molecule has 0 unspecified atom stereocenters. The highest BCUT2D eigenvalue weighted by atomic mass is 19.4. The van der Waals surface area contributed by atoms with Crippen molar-refractivity contribution in [2.45, 2.75) is 19.1 Å². The molecule has 1 aromatic heterocycles. The highest BCUT2D eigenvalue weighted by Crippen LogP contribution is 2.24. The van der Waals surface area contributed by atoms with E-state index < -0.39 is 18.6 Å². The molecule has 0 aliphatic rings. The van der Waals surface area contributed by atoms with Crippen LogP contribution in [-0.4, -0.2) is 31.3 Å². The molecule has 25 heavy (non-hydrogen) atoms. The Kier molecular flexibility index (Phi) is 5.84. The summed E-state index contributed by atoms with van der Waals surface area (Å²) in [7, 11) is 3.63. The molecule has 1 heterocycles. The van der Waals surface area contributed by atoms with Crippen molar-refractivity contribution in [1.29, 1.82) is 0 Å². The van der Waals surface area contributed by atoms with Crippen LogP contribution in [0.25, 0.3) is 0 Å². The molecule has 0 fully saturated rings. The van der Waals surface area contributed by atoms with E-state index in [2.05, 4.69) is 15.6 Å². The van der Waals surface area contributed by atoms with Crippen LogP contribution in [0.15, 0.2) is 42.7 Å². The Morgan fingerprint density at radius 3 is 2.48 bits per heavy atom. The lowest BCUT2D eigenvalue weighted by atomic mass is 10.0. The van der Waals surface area contributed by atoms with Crippen molar-refractivity contribution in [3.8, 4) is 0 Å². The first-order valence-corrected chi connectivity index (χ1v) is 7.56. The number of rotatable bonds is 5. The highest BCUT2D eigenvalue weighted by molar-refractivity contribution is 5.92. The van der Waals surface area contributed by atoms with Crippen molar-refractivity contribution in [3.05, 3.63) is 53.9 Å². The number of anilines is 2. The SMILES string of the molecule is CN(C)c1cnccc1NC(=O)NCc1ccccc1CC(F)(F)F. The summed E-state index contributed by atoms with van der Waals surface area (Å²) in [5.74, 6) is 0. The van der Waals surface area contributed by atoms with Crippen LogP contribution >= 0.6 is 0 Å². The number of alkyl halides is 3. The molecule has 0 spiro atoms. The molecular weight excluding hydrogens is 333 g/mol. The van der Waals surface area contributed by atoms with Crippen LogP contribution < -0.4 is 15.5 Å². The van der Waals surface area contributed by atoms with E-state index in [0.717, 1.165) is 5.69 Å². The van der Waals surface area contributed by atoms with E-state index in [4.69, 9.17) is 0 Å². The van der Waals surface area contributed by atoms with E-state index >= 15 is 0 Å². The fourth-order valence-corrected chi connectivity index (χ4v) is 2.31. The van der Waals surface area contributed by atoms with Gasteiger partial charge in [0, 0.05) is 26.8 Å². The Bertz CT molecular complexity index is 732. The highest BCUT2D eigenvalue weighted by Gasteiger charge is 2.28. The number of carbonyl (C=O) groups excluding carboxylic acids is 1. The second kappa shape index (κ2) is 7.87. The van der Waals surface area contributed by atoms with Crippen LogP contribution in [0.4, 0.5) is 29.3 Å². The normalized spacial score (nSPS) is 11.1.